The number of aliphatic carboxylic acids is 2. The molecule has 0 bridgehead atoms. The van der Waals surface area contributed by atoms with Crippen LogP contribution in [0.25, 0.3) is 6.08 Å². The third-order valence-electron chi connectivity index (χ3n) is 1.97. The summed E-state index contributed by atoms with van der Waals surface area (Å²) >= 11 is 0. The number of carboxylic acid groups (broad SMARTS) is 2. The number of carbonyl (C=O) groups excluding carboxylic acids is 2. The van der Waals surface area contributed by atoms with Crippen molar-refractivity contribution in [2.75, 3.05) is 0 Å². The molecule has 0 amide bonds. The molecule has 0 saturated heterocycles. The number of hydrogen-bond donors (Lipinski definition) is 0. The quantitative estimate of drug-likeness (QED) is 0.310. The SMILES string of the molecule is CC(=C\C(=O)[O-])/C(=C\c1cccnc1)C(=O)[O-].[Na+].[Na+]. The molecule has 1 rings (SSSR count). The molecule has 0 N–H and O–H groups in total. The fraction of sp³-hybridized carbons (Fsp3) is 0.0833. The van der Waals surface area contributed by atoms with Crippen LogP contribution in [0.1, 0.15) is 12.5 Å². The summed E-state index contributed by atoms with van der Waals surface area (Å²) in [5.41, 5.74) is 0.369. The number of carboxylic acids is 2. The van der Waals surface area contributed by atoms with Gasteiger partial charge < -0.3 is 19.8 Å². The molecule has 0 radical (unpaired) electrons. The second-order valence-electron chi connectivity index (χ2n) is 3.28. The van der Waals surface area contributed by atoms with E-state index in [-0.39, 0.29) is 70.3 Å². The molecule has 7 heteroatoms. The molecular weight excluding hydrogens is 268 g/mol. The fourth-order valence-electron chi connectivity index (χ4n) is 1.22. The van der Waals surface area contributed by atoms with Crippen molar-refractivity contribution in [3.63, 3.8) is 0 Å². The first-order chi connectivity index (χ1) is 8.00. The number of nitrogens with zero attached hydrogens (tertiary/aromatic N) is 1. The first kappa shape index (κ1) is 20.9. The average molecular weight is 277 g/mol. The molecule has 0 atom stereocenters. The molecule has 0 saturated carbocycles. The summed E-state index contributed by atoms with van der Waals surface area (Å²) in [5, 5.41) is 21.2. The molecule has 0 aliphatic heterocycles. The van der Waals surface area contributed by atoms with Crippen LogP contribution in [0.3, 0.4) is 0 Å². The van der Waals surface area contributed by atoms with E-state index in [4.69, 9.17) is 0 Å². The number of aromatic nitrogens is 1. The molecule has 0 spiro atoms. The van der Waals surface area contributed by atoms with Gasteiger partial charge in [-0.1, -0.05) is 6.07 Å². The summed E-state index contributed by atoms with van der Waals surface area (Å²) in [7, 11) is 0. The van der Waals surface area contributed by atoms with Gasteiger partial charge in [0.2, 0.25) is 0 Å². The van der Waals surface area contributed by atoms with E-state index in [1.807, 2.05) is 0 Å². The number of hydrogen-bond acceptors (Lipinski definition) is 5. The van der Waals surface area contributed by atoms with E-state index in [0.29, 0.717) is 11.6 Å². The Balaban J connectivity index is 0. The van der Waals surface area contributed by atoms with E-state index < -0.39 is 11.9 Å². The van der Waals surface area contributed by atoms with E-state index >= 15 is 0 Å². The van der Waals surface area contributed by atoms with Crippen molar-refractivity contribution in [2.45, 2.75) is 6.92 Å². The Morgan fingerprint density at radius 3 is 2.32 bits per heavy atom. The Labute approximate surface area is 155 Å². The van der Waals surface area contributed by atoms with Gasteiger partial charge in [0.15, 0.2) is 0 Å². The van der Waals surface area contributed by atoms with Crippen molar-refractivity contribution in [3.8, 4) is 0 Å². The number of pyridine rings is 1. The Morgan fingerprint density at radius 1 is 1.26 bits per heavy atom. The van der Waals surface area contributed by atoms with Gasteiger partial charge in [0.1, 0.15) is 0 Å². The van der Waals surface area contributed by atoms with Crippen LogP contribution in [-0.2, 0) is 9.59 Å². The first-order valence-corrected chi connectivity index (χ1v) is 4.73. The topological polar surface area (TPSA) is 93.2 Å². The third kappa shape index (κ3) is 7.67. The van der Waals surface area contributed by atoms with Crippen LogP contribution in [0.2, 0.25) is 0 Å². The van der Waals surface area contributed by atoms with Gasteiger partial charge in [-0.3, -0.25) is 4.98 Å². The predicted octanol–water partition coefficient (Wildman–Crippen LogP) is -7.08. The van der Waals surface area contributed by atoms with Crippen LogP contribution >= 0.6 is 0 Å². The zero-order valence-corrected chi connectivity index (χ0v) is 15.0. The molecule has 1 heterocycles. The zero-order valence-electron chi connectivity index (χ0n) is 11.0. The van der Waals surface area contributed by atoms with E-state index in [9.17, 15) is 19.8 Å². The summed E-state index contributed by atoms with van der Waals surface area (Å²) < 4.78 is 0. The first-order valence-electron chi connectivity index (χ1n) is 4.73. The average Bonchev–Trinajstić information content (AvgIpc) is 2.25. The Morgan fingerprint density at radius 2 is 1.89 bits per heavy atom. The van der Waals surface area contributed by atoms with Gasteiger partial charge in [0.05, 0.1) is 11.9 Å². The van der Waals surface area contributed by atoms with Crippen LogP contribution < -0.4 is 69.3 Å². The molecule has 0 unspecified atom stereocenters. The maximum absolute atomic E-state index is 10.9. The number of carbonyl (C=O) groups is 2. The molecule has 0 fully saturated rings. The minimum Gasteiger partial charge on any atom is -0.545 e. The summed E-state index contributed by atoms with van der Waals surface area (Å²) in [5.74, 6) is -2.91. The van der Waals surface area contributed by atoms with Crippen molar-refractivity contribution in [1.29, 1.82) is 0 Å². The van der Waals surface area contributed by atoms with E-state index in [0.717, 1.165) is 0 Å². The summed E-state index contributed by atoms with van der Waals surface area (Å²) in [6.45, 7) is 1.35. The van der Waals surface area contributed by atoms with Crippen LogP contribution in [0, 0.1) is 0 Å². The van der Waals surface area contributed by atoms with Gasteiger partial charge in [0, 0.05) is 18.0 Å². The van der Waals surface area contributed by atoms with Crippen LogP contribution in [0.5, 0.6) is 0 Å². The normalized spacial score (nSPS) is 11.0. The molecular formula is C12H9NNa2O4. The molecule has 5 nitrogen and oxygen atoms in total. The van der Waals surface area contributed by atoms with Gasteiger partial charge >= 0.3 is 59.1 Å². The zero-order chi connectivity index (χ0) is 12.8. The summed E-state index contributed by atoms with van der Waals surface area (Å²) in [6.07, 6.45) is 4.99. The second kappa shape index (κ2) is 10.4. The van der Waals surface area contributed by atoms with Crippen molar-refractivity contribution in [2.24, 2.45) is 0 Å². The smallest absolute Gasteiger partial charge is 0.545 e. The van der Waals surface area contributed by atoms with E-state index in [1.54, 1.807) is 18.3 Å². The molecule has 1 aromatic rings. The van der Waals surface area contributed by atoms with Gasteiger partial charge in [-0.2, -0.15) is 0 Å². The number of rotatable bonds is 4. The van der Waals surface area contributed by atoms with Gasteiger partial charge in [-0.05, 0) is 36.3 Å². The van der Waals surface area contributed by atoms with Gasteiger partial charge in [-0.25, -0.2) is 0 Å². The van der Waals surface area contributed by atoms with Gasteiger partial charge in [0.25, 0.3) is 0 Å². The Hall–Kier alpha value is -0.430. The van der Waals surface area contributed by atoms with Crippen molar-refractivity contribution >= 4 is 18.0 Å². The van der Waals surface area contributed by atoms with Crippen molar-refractivity contribution < 1.29 is 78.9 Å². The molecule has 88 valence electrons. The minimum absolute atomic E-state index is 0. The largest absolute Gasteiger partial charge is 1.00 e. The van der Waals surface area contributed by atoms with Crippen LogP contribution in [0.15, 0.2) is 41.7 Å². The molecule has 0 aromatic carbocycles. The predicted molar refractivity (Wildman–Crippen MR) is 56.0 cm³/mol. The second-order valence-corrected chi connectivity index (χ2v) is 3.28. The maximum atomic E-state index is 10.9. The Kier molecular flexibility index (Phi) is 11.4. The molecule has 19 heavy (non-hydrogen) atoms. The van der Waals surface area contributed by atoms with Crippen molar-refractivity contribution in [3.05, 3.63) is 47.3 Å². The van der Waals surface area contributed by atoms with E-state index in [1.165, 1.54) is 19.2 Å². The fourth-order valence-corrected chi connectivity index (χ4v) is 1.22. The van der Waals surface area contributed by atoms with Crippen molar-refractivity contribution in [1.82, 2.24) is 4.98 Å². The van der Waals surface area contributed by atoms with E-state index in [2.05, 4.69) is 4.98 Å². The molecule has 0 aliphatic carbocycles. The summed E-state index contributed by atoms with van der Waals surface area (Å²) in [4.78, 5) is 25.0. The monoisotopic (exact) mass is 277 g/mol. The maximum Gasteiger partial charge on any atom is 1.00 e. The van der Waals surface area contributed by atoms with Crippen LogP contribution in [0.4, 0.5) is 0 Å². The third-order valence-corrected chi connectivity index (χ3v) is 1.97. The standard InChI is InChI=1S/C12H11NO4.2Na/c1-8(5-11(14)15)10(12(16)17)6-9-3-2-4-13-7-9;;/h2-7H,1H3,(H,14,15)(H,16,17);;/q;2*+1/p-2/b8-5+,10-6+;;. The Bertz CT molecular complexity index is 498. The minimum atomic E-state index is -1.46. The van der Waals surface area contributed by atoms with Gasteiger partial charge in [-0.15, -0.1) is 0 Å². The molecule has 1 aromatic heterocycles. The molecule has 0 aliphatic rings. The summed E-state index contributed by atoms with van der Waals surface area (Å²) in [6, 6.07) is 3.28. The van der Waals surface area contributed by atoms with Crippen LogP contribution in [-0.4, -0.2) is 16.9 Å².